The van der Waals surface area contributed by atoms with E-state index in [2.05, 4.69) is 118 Å². The van der Waals surface area contributed by atoms with Gasteiger partial charge in [0, 0.05) is 15.4 Å². The van der Waals surface area contributed by atoms with Gasteiger partial charge in [-0.25, -0.2) is 0 Å². The molecule has 0 atom stereocenters. The van der Waals surface area contributed by atoms with Crippen molar-refractivity contribution in [2.75, 3.05) is 13.2 Å². The fraction of sp³-hybridized carbons (Fsp3) is 0.957. The molecule has 1 amide bonds. The van der Waals surface area contributed by atoms with E-state index in [0.717, 1.165) is 6.42 Å². The third-order valence-corrected chi connectivity index (χ3v) is 6.89. The first-order valence-corrected chi connectivity index (χ1v) is 11.2. The van der Waals surface area contributed by atoms with Crippen molar-refractivity contribution < 1.29 is 9.53 Å². The third kappa shape index (κ3) is 8.20. The second kappa shape index (κ2) is 8.49. The molecule has 0 radical (unpaired) electrons. The SMILES string of the molecule is CC(C)(I)CC(C)(C)C(C)(C)C(=O)NCC(C)(C)C(C)(C)COC(C)(C)C. The van der Waals surface area contributed by atoms with Crippen LogP contribution in [0.3, 0.4) is 0 Å². The smallest absolute Gasteiger partial charge is 0.226 e. The maximum Gasteiger partial charge on any atom is 0.226 e. The molecule has 0 aliphatic heterocycles. The van der Waals surface area contributed by atoms with E-state index in [1.54, 1.807) is 0 Å². The van der Waals surface area contributed by atoms with E-state index < -0.39 is 5.41 Å². The highest BCUT2D eigenvalue weighted by Crippen LogP contribution is 2.47. The van der Waals surface area contributed by atoms with Crippen LogP contribution in [-0.2, 0) is 9.53 Å². The van der Waals surface area contributed by atoms with E-state index in [9.17, 15) is 4.79 Å². The summed E-state index contributed by atoms with van der Waals surface area (Å²) in [5, 5.41) is 3.26. The van der Waals surface area contributed by atoms with Gasteiger partial charge in [0.2, 0.25) is 5.91 Å². The molecule has 4 heteroatoms. The Bertz CT molecular complexity index is 505. The van der Waals surface area contributed by atoms with Gasteiger partial charge in [0.25, 0.3) is 0 Å². The van der Waals surface area contributed by atoms with Crippen molar-refractivity contribution >= 4 is 28.5 Å². The highest BCUT2D eigenvalue weighted by molar-refractivity contribution is 14.1. The molecule has 27 heavy (non-hydrogen) atoms. The summed E-state index contributed by atoms with van der Waals surface area (Å²) in [4.78, 5) is 13.1. The molecule has 0 aliphatic carbocycles. The van der Waals surface area contributed by atoms with Gasteiger partial charge in [0.15, 0.2) is 0 Å². The van der Waals surface area contributed by atoms with E-state index in [-0.39, 0.29) is 31.2 Å². The molecule has 0 bridgehead atoms. The second-order valence-corrected chi connectivity index (χ2v) is 15.2. The molecule has 0 aromatic carbocycles. The van der Waals surface area contributed by atoms with E-state index in [4.69, 9.17) is 4.74 Å². The lowest BCUT2D eigenvalue weighted by Gasteiger charge is -2.46. The van der Waals surface area contributed by atoms with Crippen LogP contribution in [0.25, 0.3) is 0 Å². The number of nitrogens with one attached hydrogen (secondary N) is 1. The summed E-state index contributed by atoms with van der Waals surface area (Å²) in [6.45, 7) is 29.4. The van der Waals surface area contributed by atoms with Crippen LogP contribution < -0.4 is 5.32 Å². The average Bonchev–Trinajstić information content (AvgIpc) is 2.38. The average molecular weight is 496 g/mol. The zero-order valence-electron chi connectivity index (χ0n) is 20.3. The number of alkyl halides is 1. The van der Waals surface area contributed by atoms with Gasteiger partial charge in [0.1, 0.15) is 0 Å². The number of halogens is 1. The largest absolute Gasteiger partial charge is 0.375 e. The van der Waals surface area contributed by atoms with Crippen molar-refractivity contribution in [1.82, 2.24) is 5.32 Å². The first-order valence-electron chi connectivity index (χ1n) is 10.2. The Balaban J connectivity index is 5.14. The van der Waals surface area contributed by atoms with Gasteiger partial charge in [-0.15, -0.1) is 0 Å². The van der Waals surface area contributed by atoms with Crippen LogP contribution in [-0.4, -0.2) is 28.1 Å². The van der Waals surface area contributed by atoms with E-state index in [0.29, 0.717) is 13.2 Å². The fourth-order valence-corrected chi connectivity index (χ4v) is 3.89. The molecule has 1 N–H and O–H groups in total. The van der Waals surface area contributed by atoms with E-state index in [1.165, 1.54) is 0 Å². The summed E-state index contributed by atoms with van der Waals surface area (Å²) >= 11 is 2.48. The predicted molar refractivity (Wildman–Crippen MR) is 127 cm³/mol. The Labute approximate surface area is 183 Å². The van der Waals surface area contributed by atoms with Gasteiger partial charge < -0.3 is 10.1 Å². The summed E-state index contributed by atoms with van der Waals surface area (Å²) in [6.07, 6.45) is 0.981. The normalized spacial score (nSPS) is 15.0. The molecule has 0 rings (SSSR count). The highest BCUT2D eigenvalue weighted by Gasteiger charge is 2.46. The summed E-state index contributed by atoms with van der Waals surface area (Å²) in [6, 6.07) is 0. The molecular weight excluding hydrogens is 449 g/mol. The van der Waals surface area contributed by atoms with Gasteiger partial charge in [-0.2, -0.15) is 0 Å². The molecule has 0 spiro atoms. The minimum absolute atomic E-state index is 0.0581. The lowest BCUT2D eigenvalue weighted by molar-refractivity contribution is -0.137. The van der Waals surface area contributed by atoms with Crippen molar-refractivity contribution in [2.45, 2.75) is 105 Å². The van der Waals surface area contributed by atoms with Crippen LogP contribution in [0.5, 0.6) is 0 Å². The number of carbonyl (C=O) groups is 1. The van der Waals surface area contributed by atoms with Crippen molar-refractivity contribution in [3.63, 3.8) is 0 Å². The molecule has 3 nitrogen and oxygen atoms in total. The van der Waals surface area contributed by atoms with E-state index in [1.807, 2.05) is 0 Å². The van der Waals surface area contributed by atoms with Gasteiger partial charge in [-0.05, 0) is 43.4 Å². The summed E-state index contributed by atoms with van der Waals surface area (Å²) in [7, 11) is 0. The minimum atomic E-state index is -0.447. The first-order chi connectivity index (χ1) is 11.5. The number of hydrogen-bond donors (Lipinski definition) is 1. The Morgan fingerprint density at radius 2 is 1.22 bits per heavy atom. The van der Waals surface area contributed by atoms with Crippen LogP contribution >= 0.6 is 22.6 Å². The number of amides is 1. The Hall–Kier alpha value is 0.160. The van der Waals surface area contributed by atoms with Gasteiger partial charge in [-0.1, -0.05) is 91.8 Å². The van der Waals surface area contributed by atoms with Crippen LogP contribution in [0, 0.1) is 21.7 Å². The molecule has 0 saturated heterocycles. The van der Waals surface area contributed by atoms with Crippen LogP contribution in [0.2, 0.25) is 0 Å². The summed E-state index contributed by atoms with van der Waals surface area (Å²) in [5.74, 6) is 0.133. The highest BCUT2D eigenvalue weighted by atomic mass is 127. The zero-order valence-corrected chi connectivity index (χ0v) is 22.5. The fourth-order valence-electron chi connectivity index (χ4n) is 2.93. The monoisotopic (exact) mass is 495 g/mol. The molecule has 0 unspecified atom stereocenters. The molecule has 0 aromatic rings. The number of rotatable bonds is 9. The van der Waals surface area contributed by atoms with Crippen LogP contribution in [0.15, 0.2) is 0 Å². The van der Waals surface area contributed by atoms with Crippen LogP contribution in [0.1, 0.15) is 96.4 Å². The molecular formula is C23H46INO2. The Morgan fingerprint density at radius 1 is 0.778 bits per heavy atom. The number of carbonyl (C=O) groups excluding carboxylic acids is 1. The summed E-state index contributed by atoms with van der Waals surface area (Å²) in [5.41, 5.74) is -0.850. The van der Waals surface area contributed by atoms with E-state index >= 15 is 0 Å². The first kappa shape index (κ1) is 27.2. The predicted octanol–water partition coefficient (Wildman–Crippen LogP) is 6.63. The lowest BCUT2D eigenvalue weighted by Crippen LogP contribution is -2.52. The van der Waals surface area contributed by atoms with Gasteiger partial charge >= 0.3 is 0 Å². The minimum Gasteiger partial charge on any atom is -0.375 e. The topological polar surface area (TPSA) is 38.3 Å². The van der Waals surface area contributed by atoms with Crippen molar-refractivity contribution in [3.05, 3.63) is 0 Å². The number of ether oxygens (including phenoxy) is 1. The lowest BCUT2D eigenvalue weighted by atomic mass is 9.63. The zero-order chi connectivity index (χ0) is 22.1. The molecule has 0 saturated carbocycles. The second-order valence-electron chi connectivity index (χ2n) is 12.3. The maximum atomic E-state index is 13.1. The maximum absolute atomic E-state index is 13.1. The van der Waals surface area contributed by atoms with Crippen molar-refractivity contribution in [3.8, 4) is 0 Å². The Morgan fingerprint density at radius 3 is 1.59 bits per heavy atom. The van der Waals surface area contributed by atoms with Gasteiger partial charge in [0.05, 0.1) is 12.2 Å². The quantitative estimate of drug-likeness (QED) is 0.288. The van der Waals surface area contributed by atoms with Crippen molar-refractivity contribution in [1.29, 1.82) is 0 Å². The molecule has 0 aromatic heterocycles. The molecule has 0 heterocycles. The summed E-state index contributed by atoms with van der Waals surface area (Å²) < 4.78 is 6.21. The Kier molecular flexibility index (Phi) is 8.54. The third-order valence-electron chi connectivity index (χ3n) is 6.51. The van der Waals surface area contributed by atoms with Crippen molar-refractivity contribution in [2.24, 2.45) is 21.7 Å². The molecule has 0 aliphatic rings. The number of hydrogen-bond acceptors (Lipinski definition) is 2. The standard InChI is InChI=1S/C23H46INO2/c1-18(2,3)27-16-21(8,9)20(6,7)15-25-17(26)23(12,13)19(4,5)14-22(10,11)24/h14-16H2,1-13H3,(H,25,26). The molecule has 162 valence electrons. The van der Waals surface area contributed by atoms with Gasteiger partial charge in [-0.3, -0.25) is 4.79 Å². The molecule has 0 fully saturated rings. The van der Waals surface area contributed by atoms with Crippen LogP contribution in [0.4, 0.5) is 0 Å².